The van der Waals surface area contributed by atoms with Gasteiger partial charge >= 0.3 is 0 Å². The molecule has 132 valence electrons. The van der Waals surface area contributed by atoms with Gasteiger partial charge in [0.1, 0.15) is 5.82 Å². The predicted octanol–water partition coefficient (Wildman–Crippen LogP) is 1.24. The molecule has 5 nitrogen and oxygen atoms in total. The number of hydrogen-bond acceptors (Lipinski definition) is 4. The van der Waals surface area contributed by atoms with Gasteiger partial charge in [0.25, 0.3) is 0 Å². The number of nitrogens with zero attached hydrogens (tertiary/aromatic N) is 2. The van der Waals surface area contributed by atoms with Crippen molar-refractivity contribution in [1.29, 1.82) is 0 Å². The first kappa shape index (κ1) is 17.3. The van der Waals surface area contributed by atoms with Crippen LogP contribution in [0, 0.1) is 5.82 Å². The first-order chi connectivity index (χ1) is 11.7. The van der Waals surface area contributed by atoms with Crippen LogP contribution in [-0.4, -0.2) is 67.7 Å². The highest BCUT2D eigenvalue weighted by atomic mass is 19.1. The summed E-state index contributed by atoms with van der Waals surface area (Å²) >= 11 is 0. The predicted molar refractivity (Wildman–Crippen MR) is 90.1 cm³/mol. The molecule has 1 atom stereocenters. The number of amides is 1. The average molecular weight is 335 g/mol. The fourth-order valence-corrected chi connectivity index (χ4v) is 3.30. The lowest BCUT2D eigenvalue weighted by Crippen LogP contribution is -2.50. The molecule has 0 aromatic heterocycles. The van der Waals surface area contributed by atoms with Crippen LogP contribution in [0.1, 0.15) is 18.4 Å². The quantitative estimate of drug-likeness (QED) is 0.850. The van der Waals surface area contributed by atoms with Gasteiger partial charge in [-0.3, -0.25) is 14.6 Å². The Morgan fingerprint density at radius 1 is 1.21 bits per heavy atom. The molecule has 24 heavy (non-hydrogen) atoms. The van der Waals surface area contributed by atoms with Crippen molar-refractivity contribution in [3.8, 4) is 0 Å². The van der Waals surface area contributed by atoms with Crippen molar-refractivity contribution in [2.75, 3.05) is 45.9 Å². The summed E-state index contributed by atoms with van der Waals surface area (Å²) in [6.07, 6.45) is 2.73. The molecule has 0 radical (unpaired) electrons. The lowest BCUT2D eigenvalue weighted by atomic mass is 10.2. The smallest absolute Gasteiger partial charge is 0.234 e. The Kier molecular flexibility index (Phi) is 6.18. The van der Waals surface area contributed by atoms with E-state index in [4.69, 9.17) is 4.74 Å². The standard InChI is InChI=1S/C18H26FN3O2/c19-17-6-2-1-4-15(17)12-20-18(23)14-22-9-7-21(8-10-22)13-16-5-3-11-24-16/h1-2,4,6,16H,3,5,7-14H2,(H,20,23). The molecule has 1 amide bonds. The maximum atomic E-state index is 13.5. The Morgan fingerprint density at radius 2 is 1.96 bits per heavy atom. The van der Waals surface area contributed by atoms with Crippen molar-refractivity contribution < 1.29 is 13.9 Å². The highest BCUT2D eigenvalue weighted by molar-refractivity contribution is 5.78. The van der Waals surface area contributed by atoms with Crippen molar-refractivity contribution in [1.82, 2.24) is 15.1 Å². The van der Waals surface area contributed by atoms with Crippen molar-refractivity contribution in [3.63, 3.8) is 0 Å². The highest BCUT2D eigenvalue weighted by Crippen LogP contribution is 2.14. The SMILES string of the molecule is O=C(CN1CCN(CC2CCCO2)CC1)NCc1ccccc1F. The molecule has 0 saturated carbocycles. The van der Waals surface area contributed by atoms with E-state index in [9.17, 15) is 9.18 Å². The zero-order chi connectivity index (χ0) is 16.8. The molecule has 2 fully saturated rings. The summed E-state index contributed by atoms with van der Waals surface area (Å²) in [5.74, 6) is -0.327. The van der Waals surface area contributed by atoms with Crippen molar-refractivity contribution in [2.24, 2.45) is 0 Å². The average Bonchev–Trinajstić information content (AvgIpc) is 3.09. The second-order valence-corrected chi connectivity index (χ2v) is 6.58. The number of halogens is 1. The van der Waals surface area contributed by atoms with Crippen LogP contribution in [0.15, 0.2) is 24.3 Å². The molecule has 0 bridgehead atoms. The van der Waals surface area contributed by atoms with Crippen LogP contribution in [0.3, 0.4) is 0 Å². The third-order valence-corrected chi connectivity index (χ3v) is 4.75. The van der Waals surface area contributed by atoms with E-state index in [-0.39, 0.29) is 18.3 Å². The fraction of sp³-hybridized carbons (Fsp3) is 0.611. The Hall–Kier alpha value is -1.50. The molecule has 0 spiro atoms. The minimum atomic E-state index is -0.277. The number of hydrogen-bond donors (Lipinski definition) is 1. The van der Waals surface area contributed by atoms with Gasteiger partial charge in [-0.15, -0.1) is 0 Å². The van der Waals surface area contributed by atoms with Crippen LogP contribution in [0.5, 0.6) is 0 Å². The number of piperazine rings is 1. The van der Waals surface area contributed by atoms with Crippen LogP contribution in [0.25, 0.3) is 0 Å². The van der Waals surface area contributed by atoms with Crippen LogP contribution in [0.4, 0.5) is 4.39 Å². The maximum Gasteiger partial charge on any atom is 0.234 e. The molecule has 1 aromatic rings. The summed E-state index contributed by atoms with van der Waals surface area (Å²) in [5.41, 5.74) is 0.521. The van der Waals surface area contributed by atoms with E-state index in [1.807, 2.05) is 0 Å². The second kappa shape index (κ2) is 8.55. The summed E-state index contributed by atoms with van der Waals surface area (Å²) in [4.78, 5) is 16.6. The van der Waals surface area contributed by atoms with E-state index in [2.05, 4.69) is 15.1 Å². The van der Waals surface area contributed by atoms with Crippen molar-refractivity contribution in [2.45, 2.75) is 25.5 Å². The first-order valence-corrected chi connectivity index (χ1v) is 8.77. The van der Waals surface area contributed by atoms with E-state index < -0.39 is 0 Å². The Labute approximate surface area is 142 Å². The number of ether oxygens (including phenoxy) is 1. The van der Waals surface area contributed by atoms with Crippen molar-refractivity contribution >= 4 is 5.91 Å². The van der Waals surface area contributed by atoms with E-state index in [0.29, 0.717) is 18.2 Å². The highest BCUT2D eigenvalue weighted by Gasteiger charge is 2.23. The fourth-order valence-electron chi connectivity index (χ4n) is 3.30. The number of carbonyl (C=O) groups excluding carboxylic acids is 1. The third kappa shape index (κ3) is 5.00. The summed E-state index contributed by atoms with van der Waals surface area (Å²) in [6.45, 7) is 6.24. The molecule has 6 heteroatoms. The molecule has 2 aliphatic rings. The molecule has 1 unspecified atom stereocenters. The molecule has 0 aliphatic carbocycles. The second-order valence-electron chi connectivity index (χ2n) is 6.58. The molecular formula is C18H26FN3O2. The molecule has 1 N–H and O–H groups in total. The third-order valence-electron chi connectivity index (χ3n) is 4.75. The zero-order valence-electron chi connectivity index (χ0n) is 14.0. The van der Waals surface area contributed by atoms with Gasteiger partial charge in [0.15, 0.2) is 0 Å². The van der Waals surface area contributed by atoms with Crippen LogP contribution in [-0.2, 0) is 16.1 Å². The van der Waals surface area contributed by atoms with E-state index in [1.54, 1.807) is 18.2 Å². The normalized spacial score (nSPS) is 22.6. The largest absolute Gasteiger partial charge is 0.377 e. The summed E-state index contributed by atoms with van der Waals surface area (Å²) < 4.78 is 19.2. The molecule has 1 aromatic carbocycles. The van der Waals surface area contributed by atoms with Gasteiger partial charge in [-0.25, -0.2) is 4.39 Å². The van der Waals surface area contributed by atoms with Crippen LogP contribution >= 0.6 is 0 Å². The first-order valence-electron chi connectivity index (χ1n) is 8.77. The molecule has 2 heterocycles. The number of carbonyl (C=O) groups is 1. The lowest BCUT2D eigenvalue weighted by Gasteiger charge is -2.35. The number of rotatable bonds is 6. The number of nitrogens with one attached hydrogen (secondary N) is 1. The molecular weight excluding hydrogens is 309 g/mol. The Bertz CT molecular complexity index is 541. The summed E-state index contributed by atoms with van der Waals surface area (Å²) in [7, 11) is 0. The minimum absolute atomic E-state index is 0.0502. The zero-order valence-corrected chi connectivity index (χ0v) is 14.0. The van der Waals surface area contributed by atoms with Gasteiger partial charge in [-0.05, 0) is 18.9 Å². The Morgan fingerprint density at radius 3 is 2.67 bits per heavy atom. The van der Waals surface area contributed by atoms with E-state index in [0.717, 1.165) is 39.3 Å². The van der Waals surface area contributed by atoms with Gasteiger partial charge in [-0.2, -0.15) is 0 Å². The molecule has 2 saturated heterocycles. The topological polar surface area (TPSA) is 44.8 Å². The Balaban J connectivity index is 1.35. The maximum absolute atomic E-state index is 13.5. The van der Waals surface area contributed by atoms with Gasteiger partial charge in [0.05, 0.1) is 12.6 Å². The monoisotopic (exact) mass is 335 g/mol. The van der Waals surface area contributed by atoms with Crippen LogP contribution < -0.4 is 5.32 Å². The van der Waals surface area contributed by atoms with Crippen LogP contribution in [0.2, 0.25) is 0 Å². The molecule has 3 rings (SSSR count). The minimum Gasteiger partial charge on any atom is -0.377 e. The van der Waals surface area contributed by atoms with Crippen molar-refractivity contribution in [3.05, 3.63) is 35.6 Å². The van der Waals surface area contributed by atoms with E-state index in [1.165, 1.54) is 18.9 Å². The van der Waals surface area contributed by atoms with Gasteiger partial charge in [-0.1, -0.05) is 18.2 Å². The van der Waals surface area contributed by atoms with E-state index >= 15 is 0 Å². The summed E-state index contributed by atoms with van der Waals surface area (Å²) in [5, 5.41) is 2.80. The van der Waals surface area contributed by atoms with Gasteiger partial charge in [0, 0.05) is 51.4 Å². The summed E-state index contributed by atoms with van der Waals surface area (Å²) in [6, 6.07) is 6.53. The number of benzene rings is 1. The van der Waals surface area contributed by atoms with Gasteiger partial charge in [0.2, 0.25) is 5.91 Å². The molecule has 2 aliphatic heterocycles. The lowest BCUT2D eigenvalue weighted by molar-refractivity contribution is -0.122. The van der Waals surface area contributed by atoms with Gasteiger partial charge < -0.3 is 10.1 Å².